The predicted molar refractivity (Wildman–Crippen MR) is 98.9 cm³/mol. The summed E-state index contributed by atoms with van der Waals surface area (Å²) in [7, 11) is 0. The first-order valence-electron chi connectivity index (χ1n) is 9.89. The molecule has 3 aliphatic rings. The molecule has 2 N–H and O–H groups in total. The van der Waals surface area contributed by atoms with Crippen molar-refractivity contribution in [1.29, 1.82) is 0 Å². The number of nitrogens with one attached hydrogen (secondary N) is 1. The Morgan fingerprint density at radius 3 is 2.73 bits per heavy atom. The van der Waals surface area contributed by atoms with Crippen LogP contribution in [0.3, 0.4) is 0 Å². The Morgan fingerprint density at radius 1 is 1.15 bits per heavy atom. The fourth-order valence-electron chi connectivity index (χ4n) is 5.26. The average molecular weight is 353 g/mol. The maximum atomic E-state index is 11.4. The van der Waals surface area contributed by atoms with Crippen molar-refractivity contribution >= 4 is 0 Å². The summed E-state index contributed by atoms with van der Waals surface area (Å²) < 4.78 is 1.91. The molecule has 0 radical (unpaired) electrons. The molecule has 1 spiro atoms. The number of nitrogens with zero attached hydrogens (tertiary/aromatic N) is 4. The third-order valence-corrected chi connectivity index (χ3v) is 6.60. The molecule has 3 heterocycles. The zero-order chi connectivity index (χ0) is 17.6. The minimum Gasteiger partial charge on any atom is -0.390 e. The van der Waals surface area contributed by atoms with E-state index in [0.29, 0.717) is 0 Å². The lowest BCUT2D eigenvalue weighted by Gasteiger charge is -2.38. The summed E-state index contributed by atoms with van der Waals surface area (Å²) >= 11 is 0. The highest BCUT2D eigenvalue weighted by Gasteiger charge is 2.52. The van der Waals surface area contributed by atoms with Gasteiger partial charge in [0.05, 0.1) is 18.0 Å². The van der Waals surface area contributed by atoms with Gasteiger partial charge in [-0.1, -0.05) is 29.5 Å². The first-order chi connectivity index (χ1) is 12.8. The molecule has 1 aromatic heterocycles. The van der Waals surface area contributed by atoms with Crippen molar-refractivity contribution in [2.75, 3.05) is 26.2 Å². The zero-order valence-electron chi connectivity index (χ0n) is 15.1. The van der Waals surface area contributed by atoms with Crippen molar-refractivity contribution in [3.8, 4) is 0 Å². The number of aliphatic hydroxyl groups is 1. The highest BCUT2D eigenvalue weighted by Crippen LogP contribution is 2.51. The van der Waals surface area contributed by atoms with Crippen molar-refractivity contribution < 1.29 is 5.11 Å². The van der Waals surface area contributed by atoms with Crippen molar-refractivity contribution in [2.24, 2.45) is 0 Å². The van der Waals surface area contributed by atoms with Crippen molar-refractivity contribution in [3.63, 3.8) is 0 Å². The maximum absolute atomic E-state index is 11.4. The molecule has 2 saturated heterocycles. The number of hydrogen-bond donors (Lipinski definition) is 2. The van der Waals surface area contributed by atoms with Crippen LogP contribution in [0.15, 0.2) is 30.5 Å². The van der Waals surface area contributed by atoms with Gasteiger partial charge < -0.3 is 10.4 Å². The Bertz CT molecular complexity index is 776. The first-order valence-corrected chi connectivity index (χ1v) is 9.89. The van der Waals surface area contributed by atoms with Gasteiger partial charge in [0, 0.05) is 12.0 Å². The Morgan fingerprint density at radius 2 is 1.92 bits per heavy atom. The number of fused-ring (bicyclic) bond motifs is 2. The quantitative estimate of drug-likeness (QED) is 0.875. The van der Waals surface area contributed by atoms with Crippen molar-refractivity contribution in [3.05, 3.63) is 47.3 Å². The van der Waals surface area contributed by atoms with Gasteiger partial charge in [0.15, 0.2) is 0 Å². The van der Waals surface area contributed by atoms with Crippen LogP contribution in [0, 0.1) is 0 Å². The van der Waals surface area contributed by atoms with Crippen molar-refractivity contribution in [1.82, 2.24) is 25.2 Å². The van der Waals surface area contributed by atoms with Gasteiger partial charge in [-0.25, -0.2) is 4.68 Å². The Hall–Kier alpha value is -1.76. The molecule has 6 nitrogen and oxygen atoms in total. The molecule has 2 fully saturated rings. The van der Waals surface area contributed by atoms with Crippen LogP contribution in [-0.4, -0.2) is 57.3 Å². The molecule has 5 rings (SSSR count). The molecule has 138 valence electrons. The summed E-state index contributed by atoms with van der Waals surface area (Å²) in [4.78, 5) is 2.43. The Kier molecular flexibility index (Phi) is 4.07. The minimum atomic E-state index is -0.455. The fraction of sp³-hybridized carbons (Fsp3) is 0.600. The minimum absolute atomic E-state index is 0.135. The van der Waals surface area contributed by atoms with E-state index in [1.54, 1.807) is 0 Å². The summed E-state index contributed by atoms with van der Waals surface area (Å²) in [6.45, 7) is 5.07. The van der Waals surface area contributed by atoms with Gasteiger partial charge in [-0.2, -0.15) is 0 Å². The van der Waals surface area contributed by atoms with E-state index in [4.69, 9.17) is 0 Å². The Balaban J connectivity index is 1.48. The monoisotopic (exact) mass is 353 g/mol. The molecule has 1 aliphatic carbocycles. The summed E-state index contributed by atoms with van der Waals surface area (Å²) in [5.41, 5.74) is 3.35. The number of rotatable bonds is 3. The van der Waals surface area contributed by atoms with Crippen LogP contribution in [0.5, 0.6) is 0 Å². The molecule has 1 aromatic carbocycles. The van der Waals surface area contributed by atoms with E-state index >= 15 is 0 Å². The van der Waals surface area contributed by atoms with Crippen LogP contribution in [0.25, 0.3) is 0 Å². The lowest BCUT2D eigenvalue weighted by molar-refractivity contribution is 0.0421. The molecule has 6 heteroatoms. The number of piperidine rings is 1. The van der Waals surface area contributed by atoms with E-state index < -0.39 is 6.10 Å². The molecular weight excluding hydrogens is 326 g/mol. The highest BCUT2D eigenvalue weighted by molar-refractivity contribution is 5.45. The van der Waals surface area contributed by atoms with Gasteiger partial charge in [-0.05, 0) is 63.0 Å². The topological polar surface area (TPSA) is 66.2 Å². The third-order valence-electron chi connectivity index (χ3n) is 6.60. The number of likely N-dealkylation sites (tertiary alicyclic amines) is 1. The molecule has 2 aromatic rings. The molecule has 0 saturated carbocycles. The first kappa shape index (κ1) is 16.4. The Labute approximate surface area is 154 Å². The molecular formula is C20H27N5O. The summed E-state index contributed by atoms with van der Waals surface area (Å²) in [6, 6.07) is 8.39. The largest absolute Gasteiger partial charge is 0.390 e. The standard InChI is InChI=1S/C20H27N5O/c26-19-18(25-14-15(22-23-25)13-24-11-3-4-12-24)16-5-1-2-6-17(16)20(19)7-9-21-10-8-20/h1-2,5-6,14,18-19,21,26H,3-4,7-13H2/t18-,19+/m0/s1. The SMILES string of the molecule is O[C@@H]1[C@@H](n2cc(CN3CCCC3)nn2)c2ccccc2C12CCNCC2. The molecule has 0 bridgehead atoms. The highest BCUT2D eigenvalue weighted by atomic mass is 16.3. The number of aromatic nitrogens is 3. The zero-order valence-corrected chi connectivity index (χ0v) is 15.1. The number of benzene rings is 1. The summed E-state index contributed by atoms with van der Waals surface area (Å²) in [5, 5.41) is 23.7. The molecule has 26 heavy (non-hydrogen) atoms. The molecule has 2 aliphatic heterocycles. The van der Waals surface area contributed by atoms with Gasteiger partial charge in [-0.15, -0.1) is 5.10 Å². The summed E-state index contributed by atoms with van der Waals surface area (Å²) in [6.07, 6.45) is 6.08. The van der Waals surface area contributed by atoms with Gasteiger partial charge >= 0.3 is 0 Å². The number of aliphatic hydroxyl groups excluding tert-OH is 1. The third kappa shape index (κ3) is 2.51. The van der Waals surface area contributed by atoms with Crippen LogP contribution >= 0.6 is 0 Å². The molecule has 0 amide bonds. The van der Waals surface area contributed by atoms with E-state index in [-0.39, 0.29) is 11.5 Å². The normalized spacial score (nSPS) is 27.9. The van der Waals surface area contributed by atoms with Gasteiger partial charge in [0.25, 0.3) is 0 Å². The van der Waals surface area contributed by atoms with E-state index in [2.05, 4.69) is 44.8 Å². The lowest BCUT2D eigenvalue weighted by Crippen LogP contribution is -2.47. The van der Waals surface area contributed by atoms with Gasteiger partial charge in [-0.3, -0.25) is 4.90 Å². The van der Waals surface area contributed by atoms with Crippen LogP contribution in [0.1, 0.15) is 48.5 Å². The fourth-order valence-corrected chi connectivity index (χ4v) is 5.26. The number of hydrogen-bond acceptors (Lipinski definition) is 5. The second-order valence-electron chi connectivity index (χ2n) is 8.06. The van der Waals surface area contributed by atoms with Gasteiger partial charge in [0.1, 0.15) is 6.04 Å². The van der Waals surface area contributed by atoms with Crippen LogP contribution in [0.4, 0.5) is 0 Å². The molecule has 2 atom stereocenters. The summed E-state index contributed by atoms with van der Waals surface area (Å²) in [5.74, 6) is 0. The predicted octanol–water partition coefficient (Wildman–Crippen LogP) is 1.46. The average Bonchev–Trinajstić information content (AvgIpc) is 3.39. The second kappa shape index (κ2) is 6.44. The van der Waals surface area contributed by atoms with E-state index in [9.17, 15) is 5.11 Å². The van der Waals surface area contributed by atoms with E-state index in [1.165, 1.54) is 24.0 Å². The van der Waals surface area contributed by atoms with Crippen LogP contribution in [-0.2, 0) is 12.0 Å². The van der Waals surface area contributed by atoms with Crippen molar-refractivity contribution in [2.45, 2.75) is 49.8 Å². The van der Waals surface area contributed by atoms with Crippen LogP contribution < -0.4 is 5.32 Å². The molecule has 0 unspecified atom stereocenters. The van der Waals surface area contributed by atoms with E-state index in [1.807, 2.05) is 10.9 Å². The second-order valence-corrected chi connectivity index (χ2v) is 8.06. The lowest BCUT2D eigenvalue weighted by atomic mass is 9.72. The maximum Gasteiger partial charge on any atom is 0.106 e. The van der Waals surface area contributed by atoms with Gasteiger partial charge in [0.2, 0.25) is 0 Å². The van der Waals surface area contributed by atoms with Crippen LogP contribution in [0.2, 0.25) is 0 Å². The smallest absolute Gasteiger partial charge is 0.106 e. The van der Waals surface area contributed by atoms with E-state index in [0.717, 1.165) is 51.3 Å².